The first-order valence-corrected chi connectivity index (χ1v) is 24.4. The van der Waals surface area contributed by atoms with Gasteiger partial charge in [0.1, 0.15) is 0 Å². The van der Waals surface area contributed by atoms with Crippen LogP contribution in [0.1, 0.15) is 26.3 Å². The molecule has 0 fully saturated rings. The van der Waals surface area contributed by atoms with E-state index in [0.717, 1.165) is 67.4 Å². The number of fused-ring (bicyclic) bond motifs is 8. The van der Waals surface area contributed by atoms with Gasteiger partial charge in [-0.15, -0.1) is 30.6 Å². The maximum Gasteiger partial charge on any atom is 4.00 e. The Morgan fingerprint density at radius 2 is 0.767 bits per heavy atom. The Hall–Kier alpha value is -8.55. The molecule has 0 atom stereocenters. The van der Waals surface area contributed by atoms with Crippen LogP contribution in [0.25, 0.3) is 76.7 Å². The molecule has 0 radical (unpaired) electrons. The molecule has 0 N–H and O–H groups in total. The van der Waals surface area contributed by atoms with Crippen LogP contribution in [0.3, 0.4) is 0 Å². The van der Waals surface area contributed by atoms with E-state index in [-0.39, 0.29) is 26.5 Å². The summed E-state index contributed by atoms with van der Waals surface area (Å²) in [6, 6.07) is 87.8. The van der Waals surface area contributed by atoms with Gasteiger partial charge in [-0.1, -0.05) is 221 Å². The molecule has 11 aromatic rings. The zero-order valence-corrected chi connectivity index (χ0v) is 42.9. The summed E-state index contributed by atoms with van der Waals surface area (Å²) in [5, 5.41) is 13.4. The Labute approximate surface area is 442 Å². The third-order valence-corrected chi connectivity index (χ3v) is 14.2. The normalized spacial score (nSPS) is 12.5. The van der Waals surface area contributed by atoms with Crippen molar-refractivity contribution in [1.82, 2.24) is 4.57 Å². The summed E-state index contributed by atoms with van der Waals surface area (Å²) in [5.74, 6) is 0. The minimum Gasteiger partial charge on any atom is -0.512 e. The van der Waals surface area contributed by atoms with E-state index in [2.05, 4.69) is 290 Å². The van der Waals surface area contributed by atoms with Crippen LogP contribution in [0.4, 0.5) is 34.1 Å². The van der Waals surface area contributed by atoms with Gasteiger partial charge in [0.15, 0.2) is 0 Å². The molecule has 0 saturated heterocycles. The van der Waals surface area contributed by atoms with Crippen LogP contribution in [0.2, 0.25) is 0 Å². The first-order valence-electron chi connectivity index (χ1n) is 24.4. The van der Waals surface area contributed by atoms with Crippen molar-refractivity contribution in [3.05, 3.63) is 262 Å². The van der Waals surface area contributed by atoms with E-state index < -0.39 is 0 Å². The van der Waals surface area contributed by atoms with Gasteiger partial charge in [0, 0.05) is 33.9 Å². The predicted octanol–water partition coefficient (Wildman–Crippen LogP) is 17.9. The number of nitrogens with zero attached hydrogens (tertiary/aromatic N) is 5. The molecule has 6 heteroatoms. The molecule has 0 saturated carbocycles. The van der Waals surface area contributed by atoms with Crippen molar-refractivity contribution in [2.45, 2.75) is 26.2 Å². The van der Waals surface area contributed by atoms with Gasteiger partial charge in [-0.2, -0.15) is 6.07 Å². The van der Waals surface area contributed by atoms with Gasteiger partial charge in [0.2, 0.25) is 0 Å². The van der Waals surface area contributed by atoms with Gasteiger partial charge in [0.05, 0.1) is 0 Å². The van der Waals surface area contributed by atoms with Crippen molar-refractivity contribution in [2.75, 3.05) is 14.7 Å². The van der Waals surface area contributed by atoms with Crippen molar-refractivity contribution < 1.29 is 21.1 Å². The molecular weight excluding hydrogens is 1070 g/mol. The fourth-order valence-corrected chi connectivity index (χ4v) is 10.8. The molecule has 2 aliphatic rings. The van der Waals surface area contributed by atoms with E-state index in [9.17, 15) is 0 Å². The molecule has 5 nitrogen and oxygen atoms in total. The van der Waals surface area contributed by atoms with Crippen molar-refractivity contribution in [2.24, 2.45) is 0 Å². The number of para-hydroxylation sites is 5. The Morgan fingerprint density at radius 1 is 0.370 bits per heavy atom. The second-order valence-electron chi connectivity index (χ2n) is 19.3. The summed E-state index contributed by atoms with van der Waals surface area (Å²) < 4.78 is 2.46. The van der Waals surface area contributed by atoms with E-state index in [4.69, 9.17) is 11.8 Å². The Morgan fingerprint density at radius 3 is 1.33 bits per heavy atom. The predicted molar refractivity (Wildman–Crippen MR) is 301 cm³/mol. The molecule has 0 unspecified atom stereocenters. The summed E-state index contributed by atoms with van der Waals surface area (Å²) >= 11 is 0. The number of aromatic nitrogens is 1. The molecule has 2 aliphatic heterocycles. The number of hydrogen-bond donors (Lipinski definition) is 0. The third-order valence-electron chi connectivity index (χ3n) is 14.2. The number of rotatable bonds is 6. The summed E-state index contributed by atoms with van der Waals surface area (Å²) in [6.45, 7) is 16.1. The van der Waals surface area contributed by atoms with Gasteiger partial charge >= 0.3 is 21.1 Å². The van der Waals surface area contributed by atoms with E-state index in [0.29, 0.717) is 0 Å². The number of benzene rings is 10. The molecule has 0 bridgehead atoms. The largest absolute Gasteiger partial charge is 4.00 e. The van der Waals surface area contributed by atoms with Gasteiger partial charge in [0.25, 0.3) is 0 Å². The average molecular weight is 1120 g/mol. The smallest absolute Gasteiger partial charge is 0.512 e. The van der Waals surface area contributed by atoms with Crippen LogP contribution in [0.5, 0.6) is 0 Å². The second-order valence-corrected chi connectivity index (χ2v) is 19.3. The maximum absolute atomic E-state index is 6.25. The molecule has 10 aromatic carbocycles. The van der Waals surface area contributed by atoms with Crippen LogP contribution in [0.15, 0.2) is 231 Å². The SMILES string of the molecule is CC(C)(C)c1ccc(-c2cccc3c4ccccc4c4ccccc4c4cccc5c4n(c23)[CH-]N5c2[c-]c(N3[CH-]N(c4c(-c5ccccc5)cccc4-c4ccccc4)c4ccccc43)ccc2)cc1.[C-]#N.[Pt+4]. The van der Waals surface area contributed by atoms with Gasteiger partial charge in [-0.3, -0.25) is 0 Å². The number of anilines is 6. The van der Waals surface area contributed by atoms with Gasteiger partial charge in [-0.25, -0.2) is 0 Å². The fourth-order valence-electron chi connectivity index (χ4n) is 10.8. The Bertz CT molecular complexity index is 3890. The second kappa shape index (κ2) is 19.2. The molecule has 0 amide bonds. The average Bonchev–Trinajstić information content (AvgIpc) is 4.04. The standard InChI is InChI=1S/C66H49N4.CN.Pt/c1-66(2,3)48-40-38-47(39-41-48)53-32-18-33-58-56-28-12-10-26-54(56)55-27-11-13-29-57(55)59-34-19-37-62-65(59)70(64(53)58)44-68(62)50-25-16-24-49(42-50)67-43-69(61-36-15-14-35-60(61)67)63-51(45-20-6-4-7-21-45)30-17-31-52(63)46-22-8-5-9-23-46;1-2;/h4-41,43-44H,1-3H3;;/q-3;-1;+4. The molecule has 0 aliphatic carbocycles. The minimum atomic E-state index is 0. The zero-order chi connectivity index (χ0) is 48.9. The molecule has 1 aromatic heterocycles. The van der Waals surface area contributed by atoms with Crippen LogP contribution < -0.4 is 14.7 Å². The van der Waals surface area contributed by atoms with Crippen molar-refractivity contribution in [3.63, 3.8) is 0 Å². The summed E-state index contributed by atoms with van der Waals surface area (Å²) in [5.41, 5.74) is 16.9. The van der Waals surface area contributed by atoms with E-state index in [1.807, 2.05) is 0 Å². The number of hydrogen-bond acceptors (Lipinski definition) is 4. The van der Waals surface area contributed by atoms with Crippen molar-refractivity contribution >= 4 is 77.5 Å². The monoisotopic (exact) mass is 1120 g/mol. The van der Waals surface area contributed by atoms with Crippen molar-refractivity contribution in [3.8, 4) is 33.4 Å². The quantitative estimate of drug-likeness (QED) is 0.156. The molecular formula is C67H49N5Pt. The molecule has 3 heterocycles. The van der Waals surface area contributed by atoms with E-state index in [1.165, 1.54) is 49.0 Å². The third kappa shape index (κ3) is 8.06. The Balaban J connectivity index is 0.00000189. The molecule has 0 spiro atoms. The summed E-state index contributed by atoms with van der Waals surface area (Å²) in [6.07, 6.45) is 0. The van der Waals surface area contributed by atoms with Crippen LogP contribution in [-0.4, -0.2) is 4.57 Å². The first kappa shape index (κ1) is 46.8. The molecule has 352 valence electrons. The summed E-state index contributed by atoms with van der Waals surface area (Å²) in [7, 11) is 0. The summed E-state index contributed by atoms with van der Waals surface area (Å²) in [4.78, 5) is 6.99. The van der Waals surface area contributed by atoms with Gasteiger partial charge in [-0.05, 0) is 101 Å². The maximum atomic E-state index is 6.25. The van der Waals surface area contributed by atoms with E-state index in [1.54, 1.807) is 0 Å². The van der Waals surface area contributed by atoms with Crippen LogP contribution >= 0.6 is 0 Å². The fraction of sp³-hybridized carbons (Fsp3) is 0.0597. The van der Waals surface area contributed by atoms with Crippen LogP contribution in [-0.2, 0) is 26.5 Å². The molecule has 13 rings (SSSR count). The topological polar surface area (TPSA) is 38.4 Å². The first-order chi connectivity index (χ1) is 35.4. The van der Waals surface area contributed by atoms with Crippen molar-refractivity contribution in [1.29, 1.82) is 5.26 Å². The molecule has 73 heavy (non-hydrogen) atoms. The van der Waals surface area contributed by atoms with E-state index >= 15 is 0 Å². The minimum absolute atomic E-state index is 0. The zero-order valence-electron chi connectivity index (χ0n) is 40.6. The Kier molecular flexibility index (Phi) is 12.3. The van der Waals surface area contributed by atoms with Crippen LogP contribution in [0, 0.1) is 31.2 Å². The van der Waals surface area contributed by atoms with Gasteiger partial charge < -0.3 is 31.1 Å².